The number of hydrogen-bond donors (Lipinski definition) is 0. The Morgan fingerprint density at radius 2 is 2.07 bits per heavy atom. The van der Waals surface area contributed by atoms with Gasteiger partial charge in [0.05, 0.1) is 0 Å². The second-order valence-electron chi connectivity index (χ2n) is 4.31. The van der Waals surface area contributed by atoms with Crippen LogP contribution in [0.25, 0.3) is 0 Å². The van der Waals surface area contributed by atoms with E-state index in [0.29, 0.717) is 11.4 Å². The minimum atomic E-state index is 0.346. The molecule has 0 unspecified atom stereocenters. The highest BCUT2D eigenvalue weighted by atomic mass is 35.5. The topological polar surface area (TPSA) is 3.24 Å². The monoisotopic (exact) mass is 223 g/mol. The zero-order valence-corrected chi connectivity index (χ0v) is 9.95. The van der Waals surface area contributed by atoms with Crippen LogP contribution in [-0.4, -0.2) is 22.9 Å². The molecule has 1 saturated heterocycles. The summed E-state index contributed by atoms with van der Waals surface area (Å²) in [6.45, 7) is 4.33. The van der Waals surface area contributed by atoms with Crippen molar-refractivity contribution in [3.63, 3.8) is 0 Å². The molecular weight excluding hydrogens is 206 g/mol. The van der Waals surface area contributed by atoms with Crippen LogP contribution in [0, 0.1) is 0 Å². The Morgan fingerprint density at radius 3 is 2.73 bits per heavy atom. The first-order valence-electron chi connectivity index (χ1n) is 5.71. The van der Waals surface area contributed by atoms with E-state index in [-0.39, 0.29) is 0 Å². The minimum absolute atomic E-state index is 0.346. The molecule has 0 aromatic heterocycles. The van der Waals surface area contributed by atoms with Gasteiger partial charge >= 0.3 is 0 Å². The lowest BCUT2D eigenvalue weighted by atomic mass is 10.1. The summed E-state index contributed by atoms with van der Waals surface area (Å²) in [6.07, 6.45) is 2.35. The fourth-order valence-corrected chi connectivity index (χ4v) is 2.74. The highest BCUT2D eigenvalue weighted by Gasteiger charge is 2.29. The fraction of sp³-hybridized carbons (Fsp3) is 0.538. The summed E-state index contributed by atoms with van der Waals surface area (Å²) >= 11 is 6.20. The maximum Gasteiger partial charge on any atom is 0.0478 e. The van der Waals surface area contributed by atoms with Crippen molar-refractivity contribution in [1.29, 1.82) is 0 Å². The largest absolute Gasteiger partial charge is 0.295 e. The molecule has 2 rings (SSSR count). The molecule has 0 amide bonds. The quantitative estimate of drug-likeness (QED) is 0.711. The van der Waals surface area contributed by atoms with Gasteiger partial charge in [-0.05, 0) is 18.4 Å². The Hall–Kier alpha value is -0.530. The van der Waals surface area contributed by atoms with Crippen molar-refractivity contribution >= 4 is 11.6 Å². The lowest BCUT2D eigenvalue weighted by molar-refractivity contribution is 0.240. The predicted octanol–water partition coefficient (Wildman–Crippen LogP) is 3.28. The van der Waals surface area contributed by atoms with Crippen LogP contribution in [0.3, 0.4) is 0 Å². The third kappa shape index (κ3) is 2.73. The van der Waals surface area contributed by atoms with Gasteiger partial charge in [-0.25, -0.2) is 0 Å². The van der Waals surface area contributed by atoms with Crippen molar-refractivity contribution in [1.82, 2.24) is 4.90 Å². The molecule has 0 N–H and O–H groups in total. The Labute approximate surface area is 97.0 Å². The van der Waals surface area contributed by atoms with Crippen LogP contribution in [0.2, 0.25) is 0 Å². The first-order chi connectivity index (χ1) is 7.29. The summed E-state index contributed by atoms with van der Waals surface area (Å²) in [6, 6.07) is 11.3. The molecular formula is C13H18ClN. The molecule has 0 bridgehead atoms. The SMILES string of the molecule is CC[C@@H]1C[C@@H](Cl)CN1Cc1ccccc1. The number of nitrogens with zero attached hydrogens (tertiary/aromatic N) is 1. The summed E-state index contributed by atoms with van der Waals surface area (Å²) in [5.74, 6) is 0. The molecule has 1 aromatic carbocycles. The number of benzene rings is 1. The summed E-state index contributed by atoms with van der Waals surface area (Å²) in [4.78, 5) is 2.51. The first-order valence-corrected chi connectivity index (χ1v) is 6.15. The van der Waals surface area contributed by atoms with Crippen LogP contribution in [-0.2, 0) is 6.54 Å². The van der Waals surface area contributed by atoms with E-state index in [1.807, 2.05) is 0 Å². The van der Waals surface area contributed by atoms with Crippen LogP contribution in [0.1, 0.15) is 25.3 Å². The number of likely N-dealkylation sites (tertiary alicyclic amines) is 1. The summed E-state index contributed by atoms with van der Waals surface area (Å²) < 4.78 is 0. The lowest BCUT2D eigenvalue weighted by Gasteiger charge is -2.22. The lowest BCUT2D eigenvalue weighted by Crippen LogP contribution is -2.28. The number of halogens is 1. The fourth-order valence-electron chi connectivity index (χ4n) is 2.36. The third-order valence-electron chi connectivity index (χ3n) is 3.18. The summed E-state index contributed by atoms with van der Waals surface area (Å²) in [7, 11) is 0. The van der Waals surface area contributed by atoms with Crippen LogP contribution in [0.4, 0.5) is 0 Å². The van der Waals surface area contributed by atoms with E-state index in [2.05, 4.69) is 42.2 Å². The van der Waals surface area contributed by atoms with Crippen LogP contribution >= 0.6 is 11.6 Å². The molecule has 2 heteroatoms. The predicted molar refractivity (Wildman–Crippen MR) is 65.2 cm³/mol. The van der Waals surface area contributed by atoms with Gasteiger partial charge in [-0.2, -0.15) is 0 Å². The highest BCUT2D eigenvalue weighted by Crippen LogP contribution is 2.25. The van der Waals surface area contributed by atoms with Gasteiger partial charge < -0.3 is 0 Å². The zero-order valence-electron chi connectivity index (χ0n) is 9.20. The maximum absolute atomic E-state index is 6.20. The van der Waals surface area contributed by atoms with Crippen molar-refractivity contribution in [3.05, 3.63) is 35.9 Å². The molecule has 1 aromatic rings. The Bertz CT molecular complexity index is 299. The first kappa shape index (κ1) is 11.0. The van der Waals surface area contributed by atoms with Gasteiger partial charge in [-0.15, -0.1) is 11.6 Å². The van der Waals surface area contributed by atoms with Gasteiger partial charge in [-0.3, -0.25) is 4.90 Å². The molecule has 1 aliphatic heterocycles. The molecule has 0 radical (unpaired) electrons. The Balaban J connectivity index is 2.00. The maximum atomic E-state index is 6.20. The van der Waals surface area contributed by atoms with Crippen molar-refractivity contribution in [2.45, 2.75) is 37.7 Å². The highest BCUT2D eigenvalue weighted by molar-refractivity contribution is 6.21. The average molecular weight is 224 g/mol. The zero-order chi connectivity index (χ0) is 10.7. The molecule has 0 spiro atoms. The van der Waals surface area contributed by atoms with Gasteiger partial charge in [0.25, 0.3) is 0 Å². The van der Waals surface area contributed by atoms with Crippen LogP contribution in [0.15, 0.2) is 30.3 Å². The van der Waals surface area contributed by atoms with Crippen molar-refractivity contribution in [2.24, 2.45) is 0 Å². The normalized spacial score (nSPS) is 27.1. The van der Waals surface area contributed by atoms with E-state index in [1.54, 1.807) is 0 Å². The molecule has 2 atom stereocenters. The second-order valence-corrected chi connectivity index (χ2v) is 4.93. The average Bonchev–Trinajstić information content (AvgIpc) is 2.60. The molecule has 1 aliphatic rings. The molecule has 1 nitrogen and oxygen atoms in total. The van der Waals surface area contributed by atoms with Crippen molar-refractivity contribution < 1.29 is 0 Å². The van der Waals surface area contributed by atoms with E-state index in [9.17, 15) is 0 Å². The number of rotatable bonds is 3. The van der Waals surface area contributed by atoms with E-state index in [1.165, 1.54) is 12.0 Å². The van der Waals surface area contributed by atoms with Crippen LogP contribution < -0.4 is 0 Å². The van der Waals surface area contributed by atoms with Crippen molar-refractivity contribution in [2.75, 3.05) is 6.54 Å². The van der Waals surface area contributed by atoms with Gasteiger partial charge in [0.1, 0.15) is 0 Å². The third-order valence-corrected chi connectivity index (χ3v) is 3.49. The smallest absolute Gasteiger partial charge is 0.0478 e. The molecule has 0 saturated carbocycles. The molecule has 15 heavy (non-hydrogen) atoms. The van der Waals surface area contributed by atoms with Gasteiger partial charge in [0.15, 0.2) is 0 Å². The summed E-state index contributed by atoms with van der Waals surface area (Å²) in [5, 5.41) is 0.346. The van der Waals surface area contributed by atoms with E-state index in [4.69, 9.17) is 11.6 Å². The van der Waals surface area contributed by atoms with E-state index >= 15 is 0 Å². The van der Waals surface area contributed by atoms with Gasteiger partial charge in [-0.1, -0.05) is 37.3 Å². The molecule has 1 heterocycles. The molecule has 82 valence electrons. The minimum Gasteiger partial charge on any atom is -0.295 e. The standard InChI is InChI=1S/C13H18ClN/c1-2-13-8-12(14)10-15(13)9-11-6-4-3-5-7-11/h3-7,12-13H,2,8-10H2,1H3/t12-,13-/m1/s1. The second kappa shape index (κ2) is 5.00. The number of alkyl halides is 1. The van der Waals surface area contributed by atoms with Gasteiger partial charge in [0.2, 0.25) is 0 Å². The van der Waals surface area contributed by atoms with E-state index in [0.717, 1.165) is 19.5 Å². The van der Waals surface area contributed by atoms with Crippen LogP contribution in [0.5, 0.6) is 0 Å². The molecule has 0 aliphatic carbocycles. The Morgan fingerprint density at radius 1 is 1.33 bits per heavy atom. The molecule has 1 fully saturated rings. The van der Waals surface area contributed by atoms with Crippen molar-refractivity contribution in [3.8, 4) is 0 Å². The summed E-state index contributed by atoms with van der Waals surface area (Å²) in [5.41, 5.74) is 1.39. The number of hydrogen-bond acceptors (Lipinski definition) is 1. The Kier molecular flexibility index (Phi) is 3.66. The van der Waals surface area contributed by atoms with E-state index < -0.39 is 0 Å². The van der Waals surface area contributed by atoms with Gasteiger partial charge in [0, 0.05) is 24.5 Å².